The molecule has 3 saturated heterocycles. The van der Waals surface area contributed by atoms with Crippen LogP contribution in [0.1, 0.15) is 106 Å². The molecule has 280 valence electrons. The van der Waals surface area contributed by atoms with Crippen LogP contribution < -0.4 is 16.2 Å². The summed E-state index contributed by atoms with van der Waals surface area (Å²) in [5, 5.41) is 28.3. The largest absolute Gasteiger partial charge is 0.506 e. The number of aromatic hydroxyl groups is 1. The molecule has 2 atom stereocenters. The van der Waals surface area contributed by atoms with Crippen molar-refractivity contribution in [1.82, 2.24) is 20.5 Å². The van der Waals surface area contributed by atoms with Crippen LogP contribution in [0.5, 0.6) is 5.75 Å². The van der Waals surface area contributed by atoms with Crippen LogP contribution in [0.3, 0.4) is 0 Å². The van der Waals surface area contributed by atoms with E-state index >= 15 is 0 Å². The highest BCUT2D eigenvalue weighted by atomic mass is 16.5. The predicted molar refractivity (Wildman–Crippen MR) is 201 cm³/mol. The number of fused-ring (bicyclic) bond motifs is 4. The molecule has 10 heteroatoms. The van der Waals surface area contributed by atoms with Gasteiger partial charge in [0.1, 0.15) is 11.9 Å². The molecule has 4 heterocycles. The second-order valence-electron chi connectivity index (χ2n) is 16.0. The number of H-pyrrole nitrogens is 1. The lowest BCUT2D eigenvalue weighted by Crippen LogP contribution is -2.53. The number of phenolic OH excluding ortho intramolecular Hbond substituents is 1. The molecular weight excluding hydrogens is 656 g/mol. The Morgan fingerprint density at radius 2 is 1.77 bits per heavy atom. The normalized spacial score (nSPS) is 26.1. The van der Waals surface area contributed by atoms with E-state index in [1.165, 1.54) is 17.7 Å². The van der Waals surface area contributed by atoms with Crippen molar-refractivity contribution >= 4 is 22.8 Å². The molecule has 1 unspecified atom stereocenters. The number of aliphatic hydroxyl groups excluding tert-OH is 1. The van der Waals surface area contributed by atoms with Gasteiger partial charge < -0.3 is 30.6 Å². The number of piperidine rings is 3. The fourth-order valence-electron chi connectivity index (χ4n) is 9.43. The number of ether oxygens (including phenoxy) is 1. The molecule has 1 amide bonds. The first-order chi connectivity index (χ1) is 25.3. The number of nitrogens with one attached hydrogen (secondary N) is 3. The monoisotopic (exact) mass is 712 g/mol. The Balaban J connectivity index is 0.836. The maximum Gasteiger partial charge on any atom is 0.316 e. The molecule has 5 fully saturated rings. The van der Waals surface area contributed by atoms with Crippen molar-refractivity contribution in [3.05, 3.63) is 75.6 Å². The van der Waals surface area contributed by atoms with E-state index in [0.717, 1.165) is 115 Å². The Bertz CT molecular complexity index is 1750. The van der Waals surface area contributed by atoms with Gasteiger partial charge in [0.15, 0.2) is 0 Å². The van der Waals surface area contributed by atoms with Gasteiger partial charge in [0.2, 0.25) is 11.5 Å². The minimum absolute atomic E-state index is 0.0204. The van der Waals surface area contributed by atoms with Gasteiger partial charge in [-0.25, -0.2) is 0 Å². The van der Waals surface area contributed by atoms with Crippen molar-refractivity contribution in [1.29, 1.82) is 0 Å². The number of nitrogens with zero attached hydrogens (tertiary/aromatic N) is 1. The molecule has 2 bridgehead atoms. The van der Waals surface area contributed by atoms with Gasteiger partial charge in [-0.15, -0.1) is 0 Å². The van der Waals surface area contributed by atoms with E-state index in [2.05, 4.69) is 44.8 Å². The van der Waals surface area contributed by atoms with Crippen molar-refractivity contribution in [2.24, 2.45) is 11.8 Å². The van der Waals surface area contributed by atoms with Crippen LogP contribution in [0.15, 0.2) is 53.3 Å². The van der Waals surface area contributed by atoms with E-state index in [1.54, 1.807) is 12.1 Å². The van der Waals surface area contributed by atoms with Crippen LogP contribution in [0.2, 0.25) is 0 Å². The van der Waals surface area contributed by atoms with Crippen molar-refractivity contribution in [2.75, 3.05) is 32.7 Å². The first-order valence-corrected chi connectivity index (χ1v) is 19.8. The van der Waals surface area contributed by atoms with Gasteiger partial charge in [-0.2, -0.15) is 0 Å². The number of hydrogen-bond acceptors (Lipinski definition) is 8. The smallest absolute Gasteiger partial charge is 0.316 e. The number of amides is 1. The van der Waals surface area contributed by atoms with Crippen LogP contribution in [-0.2, 0) is 26.2 Å². The van der Waals surface area contributed by atoms with Gasteiger partial charge >= 0.3 is 5.97 Å². The number of pyridine rings is 1. The van der Waals surface area contributed by atoms with Crippen LogP contribution >= 0.6 is 0 Å². The maximum atomic E-state index is 14.0. The Kier molecular flexibility index (Phi) is 11.6. The van der Waals surface area contributed by atoms with Crippen LogP contribution in [-0.4, -0.2) is 76.8 Å². The quantitative estimate of drug-likeness (QED) is 0.149. The summed E-state index contributed by atoms with van der Waals surface area (Å²) in [6.07, 6.45) is 12.4. The molecular formula is C42H56N4O6. The predicted octanol–water partition coefficient (Wildman–Crippen LogP) is 5.39. The minimum Gasteiger partial charge on any atom is -0.506 e. The molecule has 2 aromatic carbocycles. The fraction of sp³-hybridized carbons (Fsp3) is 0.595. The highest BCUT2D eigenvalue weighted by Gasteiger charge is 2.46. The zero-order valence-corrected chi connectivity index (χ0v) is 30.4. The number of carbonyl (C=O) groups excluding carboxylic acids is 2. The Morgan fingerprint density at radius 1 is 0.981 bits per heavy atom. The van der Waals surface area contributed by atoms with E-state index < -0.39 is 11.5 Å². The number of aryl methyl sites for hydroxylation is 1. The van der Waals surface area contributed by atoms with Crippen molar-refractivity contribution < 1.29 is 24.5 Å². The third-order valence-corrected chi connectivity index (χ3v) is 12.5. The summed E-state index contributed by atoms with van der Waals surface area (Å²) < 4.78 is 6.36. The number of aliphatic hydroxyl groups is 1. The van der Waals surface area contributed by atoms with E-state index in [4.69, 9.17) is 4.74 Å². The average Bonchev–Trinajstić information content (AvgIpc) is 3.16. The van der Waals surface area contributed by atoms with Crippen LogP contribution in [0.4, 0.5) is 0 Å². The zero-order chi connectivity index (χ0) is 36.1. The number of hydrogen-bond donors (Lipinski definition) is 5. The van der Waals surface area contributed by atoms with E-state index in [-0.39, 0.29) is 35.3 Å². The molecule has 2 aliphatic carbocycles. The molecule has 3 aromatic rings. The number of aromatic nitrogens is 1. The van der Waals surface area contributed by atoms with Crippen molar-refractivity contribution in [3.8, 4) is 5.75 Å². The maximum absolute atomic E-state index is 14.0. The Morgan fingerprint density at radius 3 is 2.52 bits per heavy atom. The van der Waals surface area contributed by atoms with Crippen LogP contribution in [0.25, 0.3) is 10.9 Å². The number of rotatable bonds is 13. The third kappa shape index (κ3) is 8.40. The Hall–Kier alpha value is -3.73. The second-order valence-corrected chi connectivity index (χ2v) is 16.0. The molecule has 0 radical (unpaired) electrons. The highest BCUT2D eigenvalue weighted by Crippen LogP contribution is 2.42. The summed E-state index contributed by atoms with van der Waals surface area (Å²) in [7, 11) is 0. The molecule has 10 nitrogen and oxygen atoms in total. The number of carbonyl (C=O) groups is 2. The van der Waals surface area contributed by atoms with Crippen LogP contribution in [0, 0.1) is 11.8 Å². The molecule has 5 aliphatic rings. The van der Waals surface area contributed by atoms with Gasteiger partial charge in [0.05, 0.1) is 17.0 Å². The summed E-state index contributed by atoms with van der Waals surface area (Å²) in [5.41, 5.74) is 2.40. The van der Waals surface area contributed by atoms with Gasteiger partial charge in [-0.3, -0.25) is 19.3 Å². The first-order valence-electron chi connectivity index (χ1n) is 19.8. The van der Waals surface area contributed by atoms with Crippen molar-refractivity contribution in [2.45, 2.75) is 114 Å². The molecule has 52 heavy (non-hydrogen) atoms. The van der Waals surface area contributed by atoms with E-state index in [0.29, 0.717) is 41.3 Å². The van der Waals surface area contributed by atoms with Crippen molar-refractivity contribution in [3.63, 3.8) is 0 Å². The standard InChI is InChI=1S/C42H56N4O6/c47-35-16-14-33(34-15-17-39(50)45-40(34)35)36(48)26-43-25-29-10-12-32(13-11-29)44-38(49)9-5-7-28-6-4-8-31(24-28)42(20-2-1-3-21-42)41(51)52-37-27-46-22-18-30(37)19-23-46/h4,6,8,14-17,24,29-30,32,36-37,43,47-48H,1-3,5,7,9-13,18-23,25-27H2,(H,44,49)(H,45,50)/t29?,32?,36-,37?/m0/s1. The molecule has 1 aromatic heterocycles. The molecule has 8 rings (SSSR count). The van der Waals surface area contributed by atoms with E-state index in [9.17, 15) is 24.6 Å². The highest BCUT2D eigenvalue weighted by molar-refractivity contribution is 5.87. The fourth-order valence-corrected chi connectivity index (χ4v) is 9.43. The number of phenols is 1. The summed E-state index contributed by atoms with van der Waals surface area (Å²) in [6.45, 7) is 4.29. The number of esters is 1. The lowest BCUT2D eigenvalue weighted by atomic mass is 9.69. The van der Waals surface area contributed by atoms with Gasteiger partial charge in [-0.05, 0) is 125 Å². The third-order valence-electron chi connectivity index (χ3n) is 12.5. The topological polar surface area (TPSA) is 144 Å². The summed E-state index contributed by atoms with van der Waals surface area (Å²) in [4.78, 5) is 43.7. The molecule has 5 N–H and O–H groups in total. The SMILES string of the molecule is O=C(CCCc1cccc(C2(C(=O)OC3CN4CCC3CC4)CCCCC2)c1)NC1CCC(CNC[C@H](O)c2ccc(O)c3[nH]c(=O)ccc23)CC1. The number of aromatic amines is 1. The van der Waals surface area contributed by atoms with Gasteiger partial charge in [-0.1, -0.05) is 49.6 Å². The molecule has 2 saturated carbocycles. The molecule has 3 aliphatic heterocycles. The minimum atomic E-state index is -0.781. The van der Waals surface area contributed by atoms with Gasteiger partial charge in [0, 0.05) is 37.0 Å². The van der Waals surface area contributed by atoms with Gasteiger partial charge in [0.25, 0.3) is 0 Å². The average molecular weight is 713 g/mol. The van der Waals surface area contributed by atoms with E-state index in [1.807, 2.05) is 0 Å². The summed E-state index contributed by atoms with van der Waals surface area (Å²) in [5.74, 6) is 1.04. The number of benzene rings is 2. The molecule has 0 spiro atoms. The summed E-state index contributed by atoms with van der Waals surface area (Å²) in [6, 6.07) is 14.9. The Labute approximate surface area is 306 Å². The summed E-state index contributed by atoms with van der Waals surface area (Å²) >= 11 is 0. The zero-order valence-electron chi connectivity index (χ0n) is 30.4. The first kappa shape index (κ1) is 36.6. The second kappa shape index (κ2) is 16.5. The lowest BCUT2D eigenvalue weighted by Gasteiger charge is -2.45. The lowest BCUT2D eigenvalue weighted by molar-refractivity contribution is -0.167.